The minimum Gasteiger partial charge on any atom is -0.426 e. The van der Waals surface area contributed by atoms with Crippen molar-refractivity contribution >= 4 is 33.2 Å². The number of carbonyl (C=O) groups excluding carboxylic acids is 2. The molecule has 0 aliphatic heterocycles. The summed E-state index contributed by atoms with van der Waals surface area (Å²) in [5.74, 6) is -0.175. The van der Waals surface area contributed by atoms with Gasteiger partial charge in [0.2, 0.25) is 0 Å². The lowest BCUT2D eigenvalue weighted by atomic mass is 9.97. The summed E-state index contributed by atoms with van der Waals surface area (Å²) in [6, 6.07) is 11.3. The van der Waals surface area contributed by atoms with Gasteiger partial charge in [0.15, 0.2) is 0 Å². The van der Waals surface area contributed by atoms with Crippen molar-refractivity contribution in [1.82, 2.24) is 3.97 Å². The minimum atomic E-state index is -3.81. The number of aromatic nitrogens is 1. The topological polar surface area (TPSA) is 82.4 Å². The Labute approximate surface area is 170 Å². The van der Waals surface area contributed by atoms with Gasteiger partial charge in [-0.3, -0.25) is 4.79 Å². The molecule has 1 aromatic heterocycles. The Kier molecular flexibility index (Phi) is 5.36. The Hall–Kier alpha value is -2.93. The molecular formula is C22H23NO5S. The highest BCUT2D eigenvalue weighted by atomic mass is 32.2. The van der Waals surface area contributed by atoms with E-state index in [0.29, 0.717) is 22.8 Å². The molecule has 29 heavy (non-hydrogen) atoms. The Morgan fingerprint density at radius 2 is 1.72 bits per heavy atom. The van der Waals surface area contributed by atoms with Crippen LogP contribution >= 0.6 is 0 Å². The monoisotopic (exact) mass is 413 g/mol. The summed E-state index contributed by atoms with van der Waals surface area (Å²) in [5.41, 5.74) is 1.14. The van der Waals surface area contributed by atoms with E-state index in [1.807, 2.05) is 6.92 Å². The van der Waals surface area contributed by atoms with Crippen molar-refractivity contribution in [2.45, 2.75) is 39.0 Å². The fraction of sp³-hybridized carbons (Fsp3) is 0.273. The predicted octanol–water partition coefficient (Wildman–Crippen LogP) is 3.88. The molecule has 0 saturated carbocycles. The van der Waals surface area contributed by atoms with E-state index in [1.54, 1.807) is 57.2 Å². The maximum absolute atomic E-state index is 13.1. The maximum atomic E-state index is 13.1. The third kappa shape index (κ3) is 3.96. The lowest BCUT2D eigenvalue weighted by Crippen LogP contribution is -2.26. The molecule has 0 saturated heterocycles. The van der Waals surface area contributed by atoms with Crippen LogP contribution in [-0.2, 0) is 26.0 Å². The third-order valence-corrected chi connectivity index (χ3v) is 6.29. The van der Waals surface area contributed by atoms with E-state index in [0.717, 1.165) is 5.56 Å². The fourth-order valence-corrected chi connectivity index (χ4v) is 4.26. The van der Waals surface area contributed by atoms with E-state index < -0.39 is 21.4 Å². The predicted molar refractivity (Wildman–Crippen MR) is 111 cm³/mol. The van der Waals surface area contributed by atoms with Crippen LogP contribution in [0.2, 0.25) is 0 Å². The number of hydrogen-bond donors (Lipinski definition) is 0. The highest BCUT2D eigenvalue weighted by Crippen LogP contribution is 2.32. The number of fused-ring (bicyclic) bond motifs is 1. The van der Waals surface area contributed by atoms with Gasteiger partial charge in [0.05, 0.1) is 15.8 Å². The summed E-state index contributed by atoms with van der Waals surface area (Å²) in [6.07, 6.45) is 2.15. The van der Waals surface area contributed by atoms with Gasteiger partial charge in [-0.2, -0.15) is 0 Å². The zero-order valence-electron chi connectivity index (χ0n) is 16.8. The van der Waals surface area contributed by atoms with Crippen LogP contribution in [0.25, 0.3) is 10.9 Å². The van der Waals surface area contributed by atoms with Crippen LogP contribution in [0.3, 0.4) is 0 Å². The van der Waals surface area contributed by atoms with E-state index in [1.165, 1.54) is 16.2 Å². The van der Waals surface area contributed by atoms with Crippen LogP contribution in [-0.4, -0.2) is 24.6 Å². The van der Waals surface area contributed by atoms with E-state index in [9.17, 15) is 18.0 Å². The molecule has 0 aliphatic rings. The average Bonchev–Trinajstić information content (AvgIpc) is 3.08. The lowest BCUT2D eigenvalue weighted by Gasteiger charge is -2.18. The van der Waals surface area contributed by atoms with Crippen LogP contribution in [0.15, 0.2) is 53.6 Å². The molecule has 0 bridgehead atoms. The first-order chi connectivity index (χ1) is 13.6. The first kappa shape index (κ1) is 20.8. The van der Waals surface area contributed by atoms with Crippen LogP contribution < -0.4 is 4.74 Å². The highest BCUT2D eigenvalue weighted by molar-refractivity contribution is 7.90. The summed E-state index contributed by atoms with van der Waals surface area (Å²) >= 11 is 0. The van der Waals surface area contributed by atoms with Gasteiger partial charge in [0.25, 0.3) is 10.0 Å². The molecular weight excluding hydrogens is 390 g/mol. The van der Waals surface area contributed by atoms with Crippen LogP contribution in [0, 0.1) is 12.3 Å². The highest BCUT2D eigenvalue weighted by Gasteiger charge is 2.26. The molecule has 0 unspecified atom stereocenters. The van der Waals surface area contributed by atoms with Gasteiger partial charge in [0.1, 0.15) is 12.0 Å². The maximum Gasteiger partial charge on any atom is 0.316 e. The van der Waals surface area contributed by atoms with E-state index in [-0.39, 0.29) is 17.1 Å². The number of aryl methyl sites for hydroxylation is 1. The number of esters is 1. The van der Waals surface area contributed by atoms with Crippen LogP contribution in [0.5, 0.6) is 5.75 Å². The number of ether oxygens (including phenoxy) is 1. The molecule has 0 spiro atoms. The van der Waals surface area contributed by atoms with Gasteiger partial charge in [-0.15, -0.1) is 0 Å². The lowest BCUT2D eigenvalue weighted by molar-refractivity contribution is -0.143. The van der Waals surface area contributed by atoms with Crippen molar-refractivity contribution in [2.75, 3.05) is 0 Å². The van der Waals surface area contributed by atoms with Gasteiger partial charge < -0.3 is 9.53 Å². The number of hydrogen-bond acceptors (Lipinski definition) is 5. The molecule has 0 N–H and O–H groups in total. The molecule has 3 aromatic rings. The average molecular weight is 413 g/mol. The third-order valence-electron chi connectivity index (χ3n) is 4.59. The summed E-state index contributed by atoms with van der Waals surface area (Å²) < 4.78 is 32.9. The molecule has 3 rings (SSSR count). The number of aldehydes is 1. The first-order valence-electron chi connectivity index (χ1n) is 9.17. The second kappa shape index (κ2) is 7.48. The summed E-state index contributed by atoms with van der Waals surface area (Å²) in [6.45, 7) is 7.08. The minimum absolute atomic E-state index is 0.00130. The number of rotatable bonds is 5. The second-order valence-electron chi connectivity index (χ2n) is 7.92. The van der Waals surface area contributed by atoms with E-state index in [4.69, 9.17) is 4.74 Å². The van der Waals surface area contributed by atoms with Crippen molar-refractivity contribution < 1.29 is 22.7 Å². The number of benzene rings is 2. The van der Waals surface area contributed by atoms with Gasteiger partial charge >= 0.3 is 5.97 Å². The number of nitrogens with zero attached hydrogens (tertiary/aromatic N) is 1. The smallest absolute Gasteiger partial charge is 0.316 e. The largest absolute Gasteiger partial charge is 0.426 e. The van der Waals surface area contributed by atoms with Gasteiger partial charge in [0, 0.05) is 23.6 Å². The van der Waals surface area contributed by atoms with Crippen molar-refractivity contribution in [1.29, 1.82) is 0 Å². The van der Waals surface area contributed by atoms with Crippen LogP contribution in [0.1, 0.15) is 31.9 Å². The Morgan fingerprint density at radius 3 is 2.31 bits per heavy atom. The quantitative estimate of drug-likeness (QED) is 0.360. The standard InChI is InChI=1S/C22H23NO5S/c1-15-5-7-16(8-6-15)29(26,27)23-13-11-17-18(12-14-24)20(10-9-19(17)23)28-21(25)22(2,3)4/h5-11,13-14H,12H2,1-4H3. The van der Waals surface area contributed by atoms with E-state index >= 15 is 0 Å². The molecule has 0 atom stereocenters. The molecule has 6 nitrogen and oxygen atoms in total. The van der Waals surface area contributed by atoms with Gasteiger partial charge in [-0.05, 0) is 58.0 Å². The number of carbonyl (C=O) groups is 2. The van der Waals surface area contributed by atoms with E-state index in [2.05, 4.69) is 0 Å². The first-order valence-corrected chi connectivity index (χ1v) is 10.6. The summed E-state index contributed by atoms with van der Waals surface area (Å²) in [5, 5.41) is 0.548. The molecule has 0 amide bonds. The Bertz CT molecular complexity index is 1180. The molecule has 0 fully saturated rings. The normalized spacial score (nSPS) is 12.1. The van der Waals surface area contributed by atoms with Crippen molar-refractivity contribution in [3.05, 3.63) is 59.8 Å². The second-order valence-corrected chi connectivity index (χ2v) is 9.73. The molecule has 1 heterocycles. The molecule has 152 valence electrons. The van der Waals surface area contributed by atoms with Gasteiger partial charge in [-0.1, -0.05) is 17.7 Å². The molecule has 0 radical (unpaired) electrons. The molecule has 2 aromatic carbocycles. The zero-order chi connectivity index (χ0) is 21.4. The SMILES string of the molecule is Cc1ccc(S(=O)(=O)n2ccc3c(CC=O)c(OC(=O)C(C)(C)C)ccc32)cc1. The Morgan fingerprint density at radius 1 is 1.07 bits per heavy atom. The molecule has 0 aliphatic carbocycles. The summed E-state index contributed by atoms with van der Waals surface area (Å²) in [7, 11) is -3.81. The molecule has 7 heteroatoms. The van der Waals surface area contributed by atoms with Crippen LogP contribution in [0.4, 0.5) is 0 Å². The zero-order valence-corrected chi connectivity index (χ0v) is 17.6. The fourth-order valence-electron chi connectivity index (χ4n) is 2.91. The van der Waals surface area contributed by atoms with Gasteiger partial charge in [-0.25, -0.2) is 12.4 Å². The van der Waals surface area contributed by atoms with Crippen molar-refractivity contribution in [2.24, 2.45) is 5.41 Å². The van der Waals surface area contributed by atoms with Crippen molar-refractivity contribution in [3.8, 4) is 5.75 Å². The van der Waals surface area contributed by atoms with Crippen molar-refractivity contribution in [3.63, 3.8) is 0 Å². The Balaban J connectivity index is 2.14. The summed E-state index contributed by atoms with van der Waals surface area (Å²) in [4.78, 5) is 23.7.